The molecule has 0 saturated carbocycles. The van der Waals surface area contributed by atoms with E-state index in [1.54, 1.807) is 44.1 Å². The molecule has 0 spiro atoms. The van der Waals surface area contributed by atoms with Crippen molar-refractivity contribution < 1.29 is 19.1 Å². The summed E-state index contributed by atoms with van der Waals surface area (Å²) in [4.78, 5) is 25.4. The number of carbonyl (C=O) groups excluding carboxylic acids is 2. The molecule has 112 valence electrons. The molecule has 0 bridgehead atoms. The first-order chi connectivity index (χ1) is 9.60. The molecule has 1 aromatic rings. The Hall–Kier alpha value is -1.89. The average molecular weight is 283 g/mol. The molecule has 0 aromatic carbocycles. The van der Waals surface area contributed by atoms with Crippen molar-refractivity contribution in [1.29, 1.82) is 0 Å². The lowest BCUT2D eigenvalue weighted by molar-refractivity contribution is -0.150. The van der Waals surface area contributed by atoms with Crippen LogP contribution in [0.25, 0.3) is 0 Å². The highest BCUT2D eigenvalue weighted by Gasteiger charge is 2.24. The second kappa shape index (κ2) is 8.31. The second-order valence-electron chi connectivity index (χ2n) is 4.22. The first kappa shape index (κ1) is 16.2. The van der Waals surface area contributed by atoms with Gasteiger partial charge in [-0.3, -0.25) is 14.3 Å². The van der Waals surface area contributed by atoms with Gasteiger partial charge in [0.1, 0.15) is 12.6 Å². The van der Waals surface area contributed by atoms with Gasteiger partial charge in [-0.1, -0.05) is 0 Å². The van der Waals surface area contributed by atoms with Crippen molar-refractivity contribution in [1.82, 2.24) is 14.7 Å². The van der Waals surface area contributed by atoms with Crippen LogP contribution in [0, 0.1) is 0 Å². The number of esters is 1. The van der Waals surface area contributed by atoms with E-state index >= 15 is 0 Å². The molecule has 7 heteroatoms. The van der Waals surface area contributed by atoms with Crippen molar-refractivity contribution in [3.05, 3.63) is 18.5 Å². The Morgan fingerprint density at radius 1 is 1.45 bits per heavy atom. The van der Waals surface area contributed by atoms with E-state index in [9.17, 15) is 9.59 Å². The van der Waals surface area contributed by atoms with Crippen LogP contribution in [-0.2, 0) is 19.1 Å². The molecule has 1 atom stereocenters. The van der Waals surface area contributed by atoms with Crippen molar-refractivity contribution >= 4 is 11.9 Å². The van der Waals surface area contributed by atoms with Crippen LogP contribution in [0.2, 0.25) is 0 Å². The summed E-state index contributed by atoms with van der Waals surface area (Å²) >= 11 is 0. The zero-order valence-corrected chi connectivity index (χ0v) is 12.1. The molecule has 0 N–H and O–H groups in total. The van der Waals surface area contributed by atoms with Gasteiger partial charge in [0.25, 0.3) is 0 Å². The van der Waals surface area contributed by atoms with E-state index in [1.165, 1.54) is 4.90 Å². The number of amides is 1. The second-order valence-corrected chi connectivity index (χ2v) is 4.22. The minimum atomic E-state index is -0.476. The molecule has 1 amide bonds. The van der Waals surface area contributed by atoms with E-state index in [-0.39, 0.29) is 12.5 Å². The van der Waals surface area contributed by atoms with E-state index in [0.29, 0.717) is 19.8 Å². The fourth-order valence-corrected chi connectivity index (χ4v) is 1.72. The summed E-state index contributed by atoms with van der Waals surface area (Å²) in [5.41, 5.74) is 0. The van der Waals surface area contributed by atoms with E-state index in [2.05, 4.69) is 5.10 Å². The summed E-state index contributed by atoms with van der Waals surface area (Å²) in [6, 6.07) is 1.27. The summed E-state index contributed by atoms with van der Waals surface area (Å²) in [5.74, 6) is -0.622. The summed E-state index contributed by atoms with van der Waals surface area (Å²) < 4.78 is 11.4. The van der Waals surface area contributed by atoms with Crippen LogP contribution in [0.4, 0.5) is 0 Å². The lowest BCUT2D eigenvalue weighted by Gasteiger charge is -2.24. The van der Waals surface area contributed by atoms with Crippen LogP contribution < -0.4 is 0 Å². The average Bonchev–Trinajstić information content (AvgIpc) is 2.96. The normalized spacial score (nSPS) is 11.9. The Morgan fingerprint density at radius 2 is 2.20 bits per heavy atom. The fourth-order valence-electron chi connectivity index (χ4n) is 1.72. The zero-order valence-electron chi connectivity index (χ0n) is 12.1. The Labute approximate surface area is 118 Å². The number of rotatable bonds is 8. The molecular weight excluding hydrogens is 262 g/mol. The number of nitrogens with zero attached hydrogens (tertiary/aromatic N) is 3. The fraction of sp³-hybridized carbons (Fsp3) is 0.615. The third-order valence-corrected chi connectivity index (χ3v) is 2.78. The number of hydrogen-bond donors (Lipinski definition) is 0. The Balaban J connectivity index is 2.70. The third-order valence-electron chi connectivity index (χ3n) is 2.78. The van der Waals surface area contributed by atoms with E-state index in [1.807, 2.05) is 0 Å². The molecule has 0 saturated heterocycles. The molecule has 7 nitrogen and oxygen atoms in total. The number of methoxy groups -OCH3 is 1. The summed E-state index contributed by atoms with van der Waals surface area (Å²) in [6.07, 6.45) is 3.32. The van der Waals surface area contributed by atoms with Crippen molar-refractivity contribution in [2.45, 2.75) is 19.9 Å². The van der Waals surface area contributed by atoms with E-state index in [0.717, 1.165) is 0 Å². The molecule has 0 unspecified atom stereocenters. The maximum atomic E-state index is 12.4. The Morgan fingerprint density at radius 3 is 2.75 bits per heavy atom. The van der Waals surface area contributed by atoms with Gasteiger partial charge in [0.05, 0.1) is 13.2 Å². The Kier molecular flexibility index (Phi) is 6.72. The van der Waals surface area contributed by atoms with Gasteiger partial charge in [0, 0.05) is 26.0 Å². The standard InChI is InChI=1S/C13H21N3O4/c1-4-20-12(17)10-15(8-9-19-3)13(18)11(2)16-7-5-6-14-16/h5-7,11H,4,8-10H2,1-3H3/t11-/m0/s1. The van der Waals surface area contributed by atoms with Crippen LogP contribution in [0.5, 0.6) is 0 Å². The molecule has 1 aromatic heterocycles. The van der Waals surface area contributed by atoms with Gasteiger partial charge in [0.15, 0.2) is 0 Å². The van der Waals surface area contributed by atoms with Gasteiger partial charge in [0.2, 0.25) is 5.91 Å². The van der Waals surface area contributed by atoms with Crippen molar-refractivity contribution in [2.24, 2.45) is 0 Å². The van der Waals surface area contributed by atoms with Gasteiger partial charge < -0.3 is 14.4 Å². The van der Waals surface area contributed by atoms with Gasteiger partial charge in [-0.25, -0.2) is 0 Å². The van der Waals surface area contributed by atoms with E-state index in [4.69, 9.17) is 9.47 Å². The highest BCUT2D eigenvalue weighted by molar-refractivity contribution is 5.84. The molecule has 1 rings (SSSR count). The Bertz CT molecular complexity index is 419. The van der Waals surface area contributed by atoms with Gasteiger partial charge >= 0.3 is 5.97 Å². The molecule has 0 radical (unpaired) electrons. The molecule has 0 aliphatic carbocycles. The number of aromatic nitrogens is 2. The maximum Gasteiger partial charge on any atom is 0.325 e. The topological polar surface area (TPSA) is 73.7 Å². The van der Waals surface area contributed by atoms with E-state index < -0.39 is 12.0 Å². The predicted octanol–water partition coefficient (Wildman–Crippen LogP) is 0.482. The molecule has 20 heavy (non-hydrogen) atoms. The first-order valence-corrected chi connectivity index (χ1v) is 6.52. The highest BCUT2D eigenvalue weighted by atomic mass is 16.5. The molecule has 0 aliphatic heterocycles. The first-order valence-electron chi connectivity index (χ1n) is 6.52. The molecule has 0 fully saturated rings. The van der Waals surface area contributed by atoms with Crippen LogP contribution in [0.1, 0.15) is 19.9 Å². The zero-order chi connectivity index (χ0) is 15.0. The molecule has 1 heterocycles. The van der Waals surface area contributed by atoms with Crippen molar-refractivity contribution in [3.63, 3.8) is 0 Å². The predicted molar refractivity (Wildman–Crippen MR) is 72.0 cm³/mol. The minimum Gasteiger partial charge on any atom is -0.465 e. The quantitative estimate of drug-likeness (QED) is 0.649. The maximum absolute atomic E-state index is 12.4. The van der Waals surface area contributed by atoms with Crippen LogP contribution in [0.3, 0.4) is 0 Å². The van der Waals surface area contributed by atoms with Crippen molar-refractivity contribution in [2.75, 3.05) is 33.4 Å². The molecule has 0 aliphatic rings. The smallest absolute Gasteiger partial charge is 0.325 e. The summed E-state index contributed by atoms with van der Waals surface area (Å²) in [7, 11) is 1.55. The van der Waals surface area contributed by atoms with Crippen LogP contribution in [0.15, 0.2) is 18.5 Å². The lowest BCUT2D eigenvalue weighted by Crippen LogP contribution is -2.42. The SMILES string of the molecule is CCOC(=O)CN(CCOC)C(=O)[C@H](C)n1cccn1. The van der Waals surface area contributed by atoms with Gasteiger partial charge in [-0.2, -0.15) is 5.10 Å². The van der Waals surface area contributed by atoms with Gasteiger partial charge in [-0.15, -0.1) is 0 Å². The van der Waals surface area contributed by atoms with Crippen LogP contribution >= 0.6 is 0 Å². The lowest BCUT2D eigenvalue weighted by atomic mass is 10.3. The van der Waals surface area contributed by atoms with Crippen molar-refractivity contribution in [3.8, 4) is 0 Å². The number of ether oxygens (including phenoxy) is 2. The van der Waals surface area contributed by atoms with Crippen LogP contribution in [-0.4, -0.2) is 60.0 Å². The van der Waals surface area contributed by atoms with Gasteiger partial charge in [-0.05, 0) is 19.9 Å². The monoisotopic (exact) mass is 283 g/mol. The minimum absolute atomic E-state index is 0.0817. The largest absolute Gasteiger partial charge is 0.465 e. The number of carbonyl (C=O) groups is 2. The molecular formula is C13H21N3O4. The summed E-state index contributed by atoms with van der Waals surface area (Å²) in [6.45, 7) is 4.37. The third kappa shape index (κ3) is 4.65. The number of hydrogen-bond acceptors (Lipinski definition) is 5. The highest BCUT2D eigenvalue weighted by Crippen LogP contribution is 2.08. The summed E-state index contributed by atoms with van der Waals surface area (Å²) in [5, 5.41) is 4.04.